The second-order valence-electron chi connectivity index (χ2n) is 4.39. The normalized spacial score (nSPS) is 26.8. The number of rotatable bonds is 3. The Morgan fingerprint density at radius 3 is 3.13 bits per heavy atom. The van der Waals surface area contributed by atoms with Gasteiger partial charge in [-0.1, -0.05) is 0 Å². The summed E-state index contributed by atoms with van der Waals surface area (Å²) in [6, 6.07) is 0. The Morgan fingerprint density at radius 1 is 1.67 bits per heavy atom. The number of hydrogen-bond acceptors (Lipinski definition) is 2. The third-order valence-corrected chi connectivity index (χ3v) is 3.14. The minimum absolute atomic E-state index is 0.497. The van der Waals surface area contributed by atoms with Crippen molar-refractivity contribution in [1.82, 2.24) is 14.9 Å². The van der Waals surface area contributed by atoms with Crippen LogP contribution in [0.25, 0.3) is 0 Å². The molecule has 1 unspecified atom stereocenters. The van der Waals surface area contributed by atoms with Gasteiger partial charge in [-0.15, -0.1) is 0 Å². The predicted octanol–water partition coefficient (Wildman–Crippen LogP) is 1.44. The van der Waals surface area contributed by atoms with Crippen LogP contribution in [0.2, 0.25) is 0 Å². The fourth-order valence-corrected chi connectivity index (χ4v) is 2.12. The number of piperidine rings is 1. The molecule has 2 heterocycles. The molecule has 15 heavy (non-hydrogen) atoms. The highest BCUT2D eigenvalue weighted by molar-refractivity contribution is 4.95. The lowest BCUT2D eigenvalue weighted by Crippen LogP contribution is -2.42. The smallest absolute Gasteiger partial charge is 0.123 e. The second kappa shape index (κ2) is 4.31. The van der Waals surface area contributed by atoms with Crippen molar-refractivity contribution in [3.05, 3.63) is 18.2 Å². The van der Waals surface area contributed by atoms with Gasteiger partial charge in [-0.05, 0) is 25.8 Å². The minimum Gasteiger partial charge on any atom is -0.338 e. The van der Waals surface area contributed by atoms with Gasteiger partial charge in [0.05, 0.1) is 0 Å². The van der Waals surface area contributed by atoms with Crippen molar-refractivity contribution in [2.45, 2.75) is 31.4 Å². The van der Waals surface area contributed by atoms with Crippen LogP contribution in [-0.2, 0) is 13.5 Å². The summed E-state index contributed by atoms with van der Waals surface area (Å²) in [6.07, 6.45) is 6.59. The van der Waals surface area contributed by atoms with Crippen LogP contribution in [0.5, 0.6) is 0 Å². The van der Waals surface area contributed by atoms with E-state index in [9.17, 15) is 4.39 Å². The van der Waals surface area contributed by atoms with Gasteiger partial charge in [0, 0.05) is 32.4 Å². The van der Waals surface area contributed by atoms with Crippen molar-refractivity contribution < 1.29 is 4.39 Å². The van der Waals surface area contributed by atoms with Crippen molar-refractivity contribution in [3.8, 4) is 0 Å². The molecule has 1 fully saturated rings. The molecular weight excluding hydrogens is 193 g/mol. The third kappa shape index (κ3) is 2.56. The summed E-state index contributed by atoms with van der Waals surface area (Å²) < 4.78 is 16.2. The average molecular weight is 211 g/mol. The Balaban J connectivity index is 1.89. The molecule has 0 spiro atoms. The Hall–Kier alpha value is -0.900. The molecule has 4 heteroatoms. The number of alkyl halides is 1. The Kier molecular flexibility index (Phi) is 3.05. The molecule has 1 atom stereocenters. The molecule has 0 amide bonds. The molecule has 1 N–H and O–H groups in total. The number of aromatic nitrogens is 2. The topological polar surface area (TPSA) is 29.9 Å². The number of halogens is 1. The molecule has 0 saturated carbocycles. The molecule has 1 saturated heterocycles. The molecular formula is C11H18FN3. The highest BCUT2D eigenvalue weighted by Crippen LogP contribution is 2.26. The lowest BCUT2D eigenvalue weighted by atomic mass is 9.91. The molecule has 1 aliphatic heterocycles. The molecule has 1 aromatic rings. The van der Waals surface area contributed by atoms with Crippen LogP contribution in [0.1, 0.15) is 25.1 Å². The summed E-state index contributed by atoms with van der Waals surface area (Å²) in [7, 11) is 1.95. The first-order valence-corrected chi connectivity index (χ1v) is 5.55. The van der Waals surface area contributed by atoms with Crippen LogP contribution in [-0.4, -0.2) is 28.3 Å². The molecule has 1 aliphatic rings. The van der Waals surface area contributed by atoms with Gasteiger partial charge < -0.3 is 9.88 Å². The number of aryl methyl sites for hydroxylation is 2. The second-order valence-corrected chi connectivity index (χ2v) is 4.39. The third-order valence-electron chi connectivity index (χ3n) is 3.14. The monoisotopic (exact) mass is 211 g/mol. The van der Waals surface area contributed by atoms with Crippen molar-refractivity contribution in [2.24, 2.45) is 7.05 Å². The summed E-state index contributed by atoms with van der Waals surface area (Å²) in [5.41, 5.74) is -1.02. The van der Waals surface area contributed by atoms with Gasteiger partial charge in [0.25, 0.3) is 0 Å². The van der Waals surface area contributed by atoms with Crippen molar-refractivity contribution in [3.63, 3.8) is 0 Å². The minimum atomic E-state index is -1.02. The molecule has 1 aromatic heterocycles. The van der Waals surface area contributed by atoms with Gasteiger partial charge >= 0.3 is 0 Å². The van der Waals surface area contributed by atoms with Gasteiger partial charge in [0.1, 0.15) is 11.5 Å². The van der Waals surface area contributed by atoms with Crippen LogP contribution in [0.15, 0.2) is 12.4 Å². The molecule has 0 aromatic carbocycles. The van der Waals surface area contributed by atoms with Crippen LogP contribution in [0, 0.1) is 0 Å². The van der Waals surface area contributed by atoms with Gasteiger partial charge in [0.15, 0.2) is 0 Å². The fraction of sp³-hybridized carbons (Fsp3) is 0.727. The number of nitrogens with one attached hydrogen (secondary N) is 1. The Bertz CT molecular complexity index is 315. The van der Waals surface area contributed by atoms with Gasteiger partial charge in [-0.3, -0.25) is 0 Å². The van der Waals surface area contributed by atoms with Crippen molar-refractivity contribution in [2.75, 3.05) is 13.1 Å². The first-order chi connectivity index (χ1) is 7.20. The summed E-state index contributed by atoms with van der Waals surface area (Å²) in [6.45, 7) is 1.45. The van der Waals surface area contributed by atoms with E-state index in [2.05, 4.69) is 10.3 Å². The van der Waals surface area contributed by atoms with Crippen LogP contribution >= 0.6 is 0 Å². The molecule has 84 valence electrons. The Morgan fingerprint density at radius 2 is 2.53 bits per heavy atom. The maximum Gasteiger partial charge on any atom is 0.123 e. The van der Waals surface area contributed by atoms with Gasteiger partial charge in [-0.25, -0.2) is 9.37 Å². The maximum atomic E-state index is 14.2. The van der Waals surface area contributed by atoms with Crippen LogP contribution in [0.3, 0.4) is 0 Å². The van der Waals surface area contributed by atoms with E-state index in [-0.39, 0.29) is 0 Å². The molecule has 0 radical (unpaired) electrons. The average Bonchev–Trinajstić information content (AvgIpc) is 2.62. The maximum absolute atomic E-state index is 14.2. The standard InChI is InChI=1S/C11H18FN3/c1-15-8-7-14-10(15)3-5-11(12)4-2-6-13-9-11/h7-8,13H,2-6,9H2,1H3. The number of imidazole rings is 1. The van der Waals surface area contributed by atoms with E-state index < -0.39 is 5.67 Å². The highest BCUT2D eigenvalue weighted by atomic mass is 19.1. The number of hydrogen-bond donors (Lipinski definition) is 1. The quantitative estimate of drug-likeness (QED) is 0.820. The summed E-state index contributed by atoms with van der Waals surface area (Å²) >= 11 is 0. The van der Waals surface area contributed by atoms with E-state index in [0.29, 0.717) is 19.4 Å². The van der Waals surface area contributed by atoms with Crippen molar-refractivity contribution in [1.29, 1.82) is 0 Å². The van der Waals surface area contributed by atoms with E-state index >= 15 is 0 Å². The van der Waals surface area contributed by atoms with Crippen molar-refractivity contribution >= 4 is 0 Å². The largest absolute Gasteiger partial charge is 0.338 e. The number of nitrogens with zero attached hydrogens (tertiary/aromatic N) is 2. The molecule has 3 nitrogen and oxygen atoms in total. The first-order valence-electron chi connectivity index (χ1n) is 5.55. The zero-order chi connectivity index (χ0) is 10.7. The summed E-state index contributed by atoms with van der Waals surface area (Å²) in [4.78, 5) is 4.21. The predicted molar refractivity (Wildman–Crippen MR) is 57.5 cm³/mol. The zero-order valence-corrected chi connectivity index (χ0v) is 9.17. The van der Waals surface area contributed by atoms with E-state index in [1.807, 2.05) is 17.8 Å². The highest BCUT2D eigenvalue weighted by Gasteiger charge is 2.31. The van der Waals surface area contributed by atoms with Gasteiger partial charge in [-0.2, -0.15) is 0 Å². The molecule has 0 bridgehead atoms. The SMILES string of the molecule is Cn1ccnc1CCC1(F)CCCNC1. The lowest BCUT2D eigenvalue weighted by Gasteiger charge is -2.29. The molecule has 2 rings (SSSR count). The summed E-state index contributed by atoms with van der Waals surface area (Å²) in [5, 5.41) is 3.12. The first kappa shape index (κ1) is 10.6. The fourth-order valence-electron chi connectivity index (χ4n) is 2.12. The van der Waals surface area contributed by atoms with E-state index in [1.54, 1.807) is 6.20 Å². The van der Waals surface area contributed by atoms with E-state index in [4.69, 9.17) is 0 Å². The van der Waals surface area contributed by atoms with Crippen LogP contribution in [0.4, 0.5) is 4.39 Å². The van der Waals surface area contributed by atoms with E-state index in [0.717, 1.165) is 25.2 Å². The molecule has 0 aliphatic carbocycles. The van der Waals surface area contributed by atoms with Crippen LogP contribution < -0.4 is 5.32 Å². The Labute approximate surface area is 89.7 Å². The lowest BCUT2D eigenvalue weighted by molar-refractivity contribution is 0.111. The zero-order valence-electron chi connectivity index (χ0n) is 9.17. The van der Waals surface area contributed by atoms with Gasteiger partial charge in [0.2, 0.25) is 0 Å². The summed E-state index contributed by atoms with van der Waals surface area (Å²) in [5.74, 6) is 0.970. The van der Waals surface area contributed by atoms with E-state index in [1.165, 1.54) is 0 Å².